The van der Waals surface area contributed by atoms with Crippen LogP contribution in [0.25, 0.3) is 11.1 Å². The number of nitrogens with zero attached hydrogens (tertiary/aromatic N) is 5. The summed E-state index contributed by atoms with van der Waals surface area (Å²) in [5.74, 6) is -0.0693. The summed E-state index contributed by atoms with van der Waals surface area (Å²) in [5.41, 5.74) is 1.85. The van der Waals surface area contributed by atoms with E-state index < -0.39 is 21.8 Å². The van der Waals surface area contributed by atoms with Gasteiger partial charge in [0.05, 0.1) is 25.5 Å². The predicted octanol–water partition coefficient (Wildman–Crippen LogP) is 4.04. The Hall–Kier alpha value is -4.45. The van der Waals surface area contributed by atoms with Gasteiger partial charge in [-0.25, -0.2) is 32.6 Å². The van der Waals surface area contributed by atoms with Crippen LogP contribution in [-0.2, 0) is 21.3 Å². The second-order valence-electron chi connectivity index (χ2n) is 7.75. The average molecular weight is 525 g/mol. The lowest BCUT2D eigenvalue weighted by atomic mass is 10.1. The maximum absolute atomic E-state index is 14.9. The van der Waals surface area contributed by atoms with Crippen molar-refractivity contribution in [3.8, 4) is 11.1 Å². The summed E-state index contributed by atoms with van der Waals surface area (Å²) in [6.07, 6.45) is 7.03. The first-order valence-corrected chi connectivity index (χ1v) is 12.7. The number of benzene rings is 1. The van der Waals surface area contributed by atoms with E-state index >= 15 is 0 Å². The van der Waals surface area contributed by atoms with Crippen LogP contribution >= 0.6 is 0 Å². The molecule has 1 aromatic carbocycles. The zero-order chi connectivity index (χ0) is 27.0. The first kappa shape index (κ1) is 27.1. The Morgan fingerprint density at radius 2 is 1.95 bits per heavy atom. The van der Waals surface area contributed by atoms with E-state index in [2.05, 4.69) is 36.1 Å². The van der Waals surface area contributed by atoms with E-state index in [1.165, 1.54) is 37.8 Å². The molecule has 0 amide bonds. The molecule has 0 atom stereocenters. The summed E-state index contributed by atoms with van der Waals surface area (Å²) in [7, 11) is -2.22. The third-order valence-corrected chi connectivity index (χ3v) is 5.62. The van der Waals surface area contributed by atoms with Gasteiger partial charge in [0.2, 0.25) is 10.0 Å². The number of pyridine rings is 2. The Labute approximate surface area is 214 Å². The minimum absolute atomic E-state index is 0.0594. The van der Waals surface area contributed by atoms with Gasteiger partial charge in [-0.2, -0.15) is 0 Å². The number of anilines is 2. The summed E-state index contributed by atoms with van der Waals surface area (Å²) in [6, 6.07) is 10.9. The molecule has 0 saturated carbocycles. The summed E-state index contributed by atoms with van der Waals surface area (Å²) in [6.45, 7) is 5.17. The maximum atomic E-state index is 14.9. The summed E-state index contributed by atoms with van der Waals surface area (Å²) in [5, 5.41) is 0. The van der Waals surface area contributed by atoms with E-state index in [1.807, 2.05) is 0 Å². The predicted molar refractivity (Wildman–Crippen MR) is 142 cm³/mol. The van der Waals surface area contributed by atoms with Crippen LogP contribution in [0.2, 0.25) is 0 Å². The highest BCUT2D eigenvalue weighted by Crippen LogP contribution is 2.25. The van der Waals surface area contributed by atoms with Gasteiger partial charge in [-0.05, 0) is 55.6 Å². The van der Waals surface area contributed by atoms with Gasteiger partial charge in [-0.1, -0.05) is 6.07 Å². The lowest BCUT2D eigenvalue weighted by molar-refractivity contribution is 0.0600. The molecule has 0 aliphatic heterocycles. The smallest absolute Gasteiger partial charge is 0.337 e. The van der Waals surface area contributed by atoms with Gasteiger partial charge in [0.25, 0.3) is 0 Å². The van der Waals surface area contributed by atoms with Crippen LogP contribution in [0.4, 0.5) is 16.0 Å². The van der Waals surface area contributed by atoms with Crippen molar-refractivity contribution in [2.24, 2.45) is 9.98 Å². The number of hydrogen-bond acceptors (Lipinski definition) is 8. The number of nitrogens with one attached hydrogen (secondary N) is 1. The molecular weight excluding hydrogens is 499 g/mol. The quantitative estimate of drug-likeness (QED) is 0.254. The lowest BCUT2D eigenvalue weighted by Crippen LogP contribution is -2.29. The zero-order valence-corrected chi connectivity index (χ0v) is 21.2. The summed E-state index contributed by atoms with van der Waals surface area (Å²) >= 11 is 0. The fourth-order valence-corrected chi connectivity index (χ4v) is 3.77. The van der Waals surface area contributed by atoms with E-state index in [-0.39, 0.29) is 17.9 Å². The van der Waals surface area contributed by atoms with Crippen LogP contribution in [0.1, 0.15) is 22.8 Å². The van der Waals surface area contributed by atoms with E-state index in [4.69, 9.17) is 0 Å². The van der Waals surface area contributed by atoms with Crippen molar-refractivity contribution in [3.63, 3.8) is 0 Å². The minimum atomic E-state index is -3.45. The third kappa shape index (κ3) is 7.51. The maximum Gasteiger partial charge on any atom is 0.337 e. The Kier molecular flexibility index (Phi) is 8.80. The van der Waals surface area contributed by atoms with E-state index in [1.54, 1.807) is 42.3 Å². The molecule has 0 aliphatic rings. The van der Waals surface area contributed by atoms with Crippen LogP contribution in [-0.4, -0.2) is 50.3 Å². The summed E-state index contributed by atoms with van der Waals surface area (Å²) in [4.78, 5) is 30.0. The first-order chi connectivity index (χ1) is 17.6. The van der Waals surface area contributed by atoms with Crippen LogP contribution in [0, 0.1) is 5.82 Å². The van der Waals surface area contributed by atoms with Crippen LogP contribution in [0.5, 0.6) is 0 Å². The SMILES string of the molecule is C=N/C=C\N=C(C)N(Cc1ccc(C(=O)OC)cc1F)c1cc(-c2ccc(NS(C)(=O)=O)nc2)ccn1. The van der Waals surface area contributed by atoms with Crippen molar-refractivity contribution in [2.75, 3.05) is 23.0 Å². The molecule has 0 fully saturated rings. The highest BCUT2D eigenvalue weighted by atomic mass is 32.2. The number of aromatic nitrogens is 2. The van der Waals surface area contributed by atoms with Gasteiger partial charge in [0.1, 0.15) is 23.3 Å². The highest BCUT2D eigenvalue weighted by molar-refractivity contribution is 7.92. The molecule has 2 heterocycles. The number of hydrogen-bond donors (Lipinski definition) is 1. The fourth-order valence-electron chi connectivity index (χ4n) is 3.27. The third-order valence-electron chi connectivity index (χ3n) is 5.04. The van der Waals surface area contributed by atoms with Crippen LogP contribution in [0.3, 0.4) is 0 Å². The second-order valence-corrected chi connectivity index (χ2v) is 9.50. The molecule has 37 heavy (non-hydrogen) atoms. The lowest BCUT2D eigenvalue weighted by Gasteiger charge is -2.24. The number of methoxy groups -OCH3 is 1. The zero-order valence-electron chi connectivity index (χ0n) is 20.4. The van der Waals surface area contributed by atoms with Gasteiger partial charge in [0.15, 0.2) is 0 Å². The molecule has 192 valence electrons. The molecule has 3 aromatic rings. The normalized spacial score (nSPS) is 11.8. The molecule has 0 bridgehead atoms. The standard InChI is InChI=1S/C25H25FN6O4S/c1-17(28-12-11-27-2)32(16-21-6-5-19(13-22(21)26)25(33)36-3)24-14-18(9-10-29-24)20-7-8-23(30-15-20)31-37(4,34)35/h5-15H,2,16H2,1,3-4H3,(H,30,31)/b12-11-,28-17?. The number of esters is 1. The van der Waals surface area contributed by atoms with Crippen molar-refractivity contribution in [3.05, 3.63) is 84.2 Å². The van der Waals surface area contributed by atoms with Gasteiger partial charge in [-0.15, -0.1) is 0 Å². The van der Waals surface area contributed by atoms with Crippen LogP contribution in [0.15, 0.2) is 77.2 Å². The van der Waals surface area contributed by atoms with Crippen molar-refractivity contribution in [1.82, 2.24) is 9.97 Å². The van der Waals surface area contributed by atoms with Crippen molar-refractivity contribution < 1.29 is 22.3 Å². The van der Waals surface area contributed by atoms with Crippen molar-refractivity contribution in [2.45, 2.75) is 13.5 Å². The van der Waals surface area contributed by atoms with E-state index in [0.29, 0.717) is 22.8 Å². The Morgan fingerprint density at radius 3 is 2.57 bits per heavy atom. The number of amidine groups is 1. The molecule has 0 spiro atoms. The molecular formula is C25H25FN6O4S. The number of sulfonamides is 1. The fraction of sp³-hybridized carbons (Fsp3) is 0.160. The molecule has 10 nitrogen and oxygen atoms in total. The van der Waals surface area contributed by atoms with Gasteiger partial charge < -0.3 is 9.64 Å². The molecule has 0 aliphatic carbocycles. The van der Waals surface area contributed by atoms with E-state index in [0.717, 1.165) is 17.9 Å². The first-order valence-electron chi connectivity index (χ1n) is 10.8. The molecule has 12 heteroatoms. The number of carbonyl (C=O) groups excluding carboxylic acids is 1. The molecule has 0 unspecified atom stereocenters. The Balaban J connectivity index is 1.98. The monoisotopic (exact) mass is 524 g/mol. The number of halogens is 1. The molecule has 2 aromatic heterocycles. The number of carbonyl (C=O) groups is 1. The minimum Gasteiger partial charge on any atom is -0.465 e. The molecule has 0 radical (unpaired) electrons. The largest absolute Gasteiger partial charge is 0.465 e. The number of rotatable bonds is 9. The topological polar surface area (TPSA) is 126 Å². The molecule has 1 N–H and O–H groups in total. The van der Waals surface area contributed by atoms with Gasteiger partial charge in [0, 0.05) is 35.9 Å². The van der Waals surface area contributed by atoms with Gasteiger partial charge in [-0.3, -0.25) is 9.71 Å². The molecule has 0 saturated heterocycles. The van der Waals surface area contributed by atoms with Crippen molar-refractivity contribution in [1.29, 1.82) is 0 Å². The van der Waals surface area contributed by atoms with Crippen LogP contribution < -0.4 is 9.62 Å². The average Bonchev–Trinajstić information content (AvgIpc) is 2.87. The second kappa shape index (κ2) is 12.0. The number of ether oxygens (including phenoxy) is 1. The summed E-state index contributed by atoms with van der Waals surface area (Å²) < 4.78 is 44.7. The Bertz CT molecular complexity index is 1460. The molecule has 3 rings (SSSR count). The van der Waals surface area contributed by atoms with Gasteiger partial charge >= 0.3 is 5.97 Å². The van der Waals surface area contributed by atoms with Crippen molar-refractivity contribution >= 4 is 40.2 Å². The highest BCUT2D eigenvalue weighted by Gasteiger charge is 2.17. The Morgan fingerprint density at radius 1 is 1.16 bits per heavy atom. The number of aliphatic imine (C=N–C) groups is 2. The van der Waals surface area contributed by atoms with E-state index in [9.17, 15) is 17.6 Å².